The van der Waals surface area contributed by atoms with Crippen molar-refractivity contribution in [3.05, 3.63) is 75.3 Å². The summed E-state index contributed by atoms with van der Waals surface area (Å²) in [6.07, 6.45) is 0.205. The fourth-order valence-electron chi connectivity index (χ4n) is 1.96. The Morgan fingerprint density at radius 2 is 1.85 bits per heavy atom. The summed E-state index contributed by atoms with van der Waals surface area (Å²) < 4.78 is 0. The van der Waals surface area contributed by atoms with Crippen LogP contribution < -0.4 is 0 Å². The second-order valence-corrected chi connectivity index (χ2v) is 4.48. The average Bonchev–Trinajstić information content (AvgIpc) is 2.46. The number of oxime groups is 1. The summed E-state index contributed by atoms with van der Waals surface area (Å²) in [5.41, 5.74) is 2.79. The van der Waals surface area contributed by atoms with Crippen molar-refractivity contribution in [2.24, 2.45) is 5.16 Å². The first kappa shape index (κ1) is 13.7. The van der Waals surface area contributed by atoms with E-state index in [1.807, 2.05) is 31.2 Å². The van der Waals surface area contributed by atoms with Gasteiger partial charge in [-0.05, 0) is 12.5 Å². The lowest BCUT2D eigenvalue weighted by Gasteiger charge is -2.06. The molecule has 0 saturated heterocycles. The first-order valence-corrected chi connectivity index (χ1v) is 6.12. The number of hydrogen-bond acceptors (Lipinski definition) is 4. The Kier molecular flexibility index (Phi) is 4.10. The van der Waals surface area contributed by atoms with E-state index in [4.69, 9.17) is 5.21 Å². The van der Waals surface area contributed by atoms with Gasteiger partial charge in [0.15, 0.2) is 0 Å². The van der Waals surface area contributed by atoms with Crippen LogP contribution in [0.5, 0.6) is 0 Å². The third-order valence-corrected chi connectivity index (χ3v) is 3.05. The smallest absolute Gasteiger partial charge is 0.272 e. The number of benzene rings is 2. The van der Waals surface area contributed by atoms with Gasteiger partial charge in [0, 0.05) is 18.1 Å². The molecule has 5 heteroatoms. The van der Waals surface area contributed by atoms with Gasteiger partial charge in [-0.1, -0.05) is 53.2 Å². The number of nitrogens with zero attached hydrogens (tertiary/aromatic N) is 2. The number of hydrogen-bond donors (Lipinski definition) is 1. The molecule has 2 aromatic carbocycles. The molecule has 2 aromatic rings. The van der Waals surface area contributed by atoms with Crippen LogP contribution in [0.4, 0.5) is 5.69 Å². The lowest BCUT2D eigenvalue weighted by atomic mass is 10.0. The van der Waals surface area contributed by atoms with Crippen LogP contribution in [-0.2, 0) is 6.42 Å². The molecule has 102 valence electrons. The van der Waals surface area contributed by atoms with Gasteiger partial charge in [-0.3, -0.25) is 10.1 Å². The van der Waals surface area contributed by atoms with Crippen LogP contribution in [0.3, 0.4) is 0 Å². The van der Waals surface area contributed by atoms with E-state index < -0.39 is 4.92 Å². The van der Waals surface area contributed by atoms with Crippen LogP contribution in [0.25, 0.3) is 0 Å². The first-order valence-electron chi connectivity index (χ1n) is 6.12. The van der Waals surface area contributed by atoms with Crippen LogP contribution in [-0.4, -0.2) is 15.8 Å². The van der Waals surface area contributed by atoms with Gasteiger partial charge >= 0.3 is 0 Å². The van der Waals surface area contributed by atoms with Gasteiger partial charge in [-0.2, -0.15) is 0 Å². The van der Waals surface area contributed by atoms with E-state index in [1.54, 1.807) is 18.2 Å². The van der Waals surface area contributed by atoms with Crippen molar-refractivity contribution >= 4 is 11.4 Å². The Morgan fingerprint density at radius 3 is 2.45 bits per heavy atom. The normalized spacial score (nSPS) is 11.3. The van der Waals surface area contributed by atoms with Crippen LogP contribution in [0.2, 0.25) is 0 Å². The molecule has 0 heterocycles. The molecule has 0 unspecified atom stereocenters. The van der Waals surface area contributed by atoms with Gasteiger partial charge in [0.2, 0.25) is 0 Å². The summed E-state index contributed by atoms with van der Waals surface area (Å²) in [4.78, 5) is 10.5. The van der Waals surface area contributed by atoms with Crippen molar-refractivity contribution in [1.82, 2.24) is 0 Å². The summed E-state index contributed by atoms with van der Waals surface area (Å²) in [7, 11) is 0. The number of aryl methyl sites for hydroxylation is 1. The van der Waals surface area contributed by atoms with Crippen molar-refractivity contribution in [1.29, 1.82) is 0 Å². The highest BCUT2D eigenvalue weighted by atomic mass is 16.6. The molecule has 0 aliphatic heterocycles. The third kappa shape index (κ3) is 3.00. The number of nitro benzene ring substituents is 1. The van der Waals surface area contributed by atoms with Gasteiger partial charge < -0.3 is 5.21 Å². The Hall–Kier alpha value is -2.69. The Bertz CT molecular complexity index is 648. The minimum atomic E-state index is -0.431. The molecule has 0 aliphatic rings. The van der Waals surface area contributed by atoms with Gasteiger partial charge in [0.1, 0.15) is 0 Å². The highest BCUT2D eigenvalue weighted by Gasteiger charge is 2.15. The minimum absolute atomic E-state index is 0.0285. The van der Waals surface area contributed by atoms with E-state index in [2.05, 4.69) is 5.16 Å². The fraction of sp³-hybridized carbons (Fsp3) is 0.133. The molecule has 2 rings (SSSR count). The molecule has 0 radical (unpaired) electrons. The van der Waals surface area contributed by atoms with Crippen molar-refractivity contribution in [3.63, 3.8) is 0 Å². The average molecular weight is 270 g/mol. The molecular formula is C15H14N2O3. The minimum Gasteiger partial charge on any atom is -0.411 e. The van der Waals surface area contributed by atoms with E-state index >= 15 is 0 Å². The summed E-state index contributed by atoms with van der Waals surface area (Å²) in [5, 5.41) is 23.4. The molecule has 20 heavy (non-hydrogen) atoms. The van der Waals surface area contributed by atoms with E-state index in [9.17, 15) is 10.1 Å². The van der Waals surface area contributed by atoms with Crippen LogP contribution >= 0.6 is 0 Å². The lowest BCUT2D eigenvalue weighted by molar-refractivity contribution is -0.385. The summed E-state index contributed by atoms with van der Waals surface area (Å²) in [6, 6.07) is 13.9. The van der Waals surface area contributed by atoms with Crippen molar-refractivity contribution in [2.75, 3.05) is 0 Å². The molecule has 0 amide bonds. The Morgan fingerprint density at radius 1 is 1.20 bits per heavy atom. The third-order valence-electron chi connectivity index (χ3n) is 3.05. The van der Waals surface area contributed by atoms with E-state index in [1.165, 1.54) is 6.07 Å². The van der Waals surface area contributed by atoms with E-state index in [0.717, 1.165) is 11.1 Å². The molecule has 1 N–H and O–H groups in total. The predicted octanol–water partition coefficient (Wildman–Crippen LogP) is 3.32. The molecule has 0 aliphatic carbocycles. The number of para-hydroxylation sites is 1. The molecule has 0 aromatic heterocycles. The highest BCUT2D eigenvalue weighted by Crippen LogP contribution is 2.20. The number of rotatable bonds is 4. The maximum absolute atomic E-state index is 11.0. The highest BCUT2D eigenvalue weighted by molar-refractivity contribution is 6.01. The molecule has 0 saturated carbocycles. The second kappa shape index (κ2) is 5.97. The summed E-state index contributed by atoms with van der Waals surface area (Å²) >= 11 is 0. The van der Waals surface area contributed by atoms with Crippen molar-refractivity contribution in [2.45, 2.75) is 13.3 Å². The quantitative estimate of drug-likeness (QED) is 0.400. The SMILES string of the molecule is Cc1ccc(C(Cc2ccccc2[N+](=O)[O-])=NO)cc1. The first-order chi connectivity index (χ1) is 9.61. The summed E-state index contributed by atoms with van der Waals surface area (Å²) in [6.45, 7) is 1.96. The van der Waals surface area contributed by atoms with Gasteiger partial charge in [-0.15, -0.1) is 0 Å². The van der Waals surface area contributed by atoms with Gasteiger partial charge in [0.25, 0.3) is 5.69 Å². The standard InChI is InChI=1S/C15H14N2O3/c1-11-6-8-12(9-7-11)14(16-18)10-13-4-2-3-5-15(13)17(19)20/h2-9,18H,10H2,1H3. The maximum Gasteiger partial charge on any atom is 0.272 e. The number of nitro groups is 1. The van der Waals surface area contributed by atoms with Crippen LogP contribution in [0.15, 0.2) is 53.7 Å². The fourth-order valence-corrected chi connectivity index (χ4v) is 1.96. The molecule has 0 fully saturated rings. The zero-order valence-electron chi connectivity index (χ0n) is 11.0. The van der Waals surface area contributed by atoms with E-state index in [0.29, 0.717) is 11.3 Å². The van der Waals surface area contributed by atoms with Crippen molar-refractivity contribution in [3.8, 4) is 0 Å². The molecule has 0 atom stereocenters. The monoisotopic (exact) mass is 270 g/mol. The second-order valence-electron chi connectivity index (χ2n) is 4.48. The van der Waals surface area contributed by atoms with Gasteiger partial charge in [-0.25, -0.2) is 0 Å². The Labute approximate surface area is 116 Å². The van der Waals surface area contributed by atoms with Crippen LogP contribution in [0, 0.1) is 17.0 Å². The topological polar surface area (TPSA) is 75.7 Å². The zero-order valence-corrected chi connectivity index (χ0v) is 11.0. The summed E-state index contributed by atoms with van der Waals surface area (Å²) in [5.74, 6) is 0. The van der Waals surface area contributed by atoms with Gasteiger partial charge in [0.05, 0.1) is 10.6 Å². The molecule has 5 nitrogen and oxygen atoms in total. The molecular weight excluding hydrogens is 256 g/mol. The van der Waals surface area contributed by atoms with Crippen LogP contribution in [0.1, 0.15) is 16.7 Å². The largest absolute Gasteiger partial charge is 0.411 e. The van der Waals surface area contributed by atoms with Crippen molar-refractivity contribution < 1.29 is 10.1 Å². The lowest BCUT2D eigenvalue weighted by Crippen LogP contribution is -2.07. The Balaban J connectivity index is 2.32. The van der Waals surface area contributed by atoms with E-state index in [-0.39, 0.29) is 12.1 Å². The maximum atomic E-state index is 11.0. The molecule has 0 bridgehead atoms. The molecule has 0 spiro atoms. The predicted molar refractivity (Wildman–Crippen MR) is 76.3 cm³/mol. The zero-order chi connectivity index (χ0) is 14.5.